The molecule has 186 valence electrons. The Bertz CT molecular complexity index is 1140. The molecule has 2 saturated carbocycles. The summed E-state index contributed by atoms with van der Waals surface area (Å²) in [6.45, 7) is 10.4. The van der Waals surface area contributed by atoms with Gasteiger partial charge in [0, 0.05) is 17.5 Å². The molecule has 1 N–H and O–H groups in total. The number of carbonyl (C=O) groups excluding carboxylic acids is 1. The van der Waals surface area contributed by atoms with Gasteiger partial charge in [-0.05, 0) is 72.6 Å². The van der Waals surface area contributed by atoms with Crippen LogP contribution in [0.4, 0.5) is 0 Å². The van der Waals surface area contributed by atoms with Crippen molar-refractivity contribution in [1.82, 2.24) is 4.72 Å². The number of Topliss-reactive ketones (excluding diaryl/α,β-unsaturated/α-hetero) is 1. The van der Waals surface area contributed by atoms with Crippen molar-refractivity contribution in [3.05, 3.63) is 29.3 Å². The van der Waals surface area contributed by atoms with Crippen molar-refractivity contribution >= 4 is 25.9 Å². The number of ketones is 1. The lowest BCUT2D eigenvalue weighted by molar-refractivity contribution is -0.0886. The molecule has 1 aromatic rings. The molecule has 33 heavy (non-hydrogen) atoms. The molecule has 0 bridgehead atoms. The summed E-state index contributed by atoms with van der Waals surface area (Å²) in [4.78, 5) is 14.1. The fraction of sp³-hybridized carbons (Fsp3) is 0.708. The van der Waals surface area contributed by atoms with E-state index in [-0.39, 0.29) is 40.2 Å². The summed E-state index contributed by atoms with van der Waals surface area (Å²) < 4.78 is 55.5. The van der Waals surface area contributed by atoms with Crippen LogP contribution in [-0.2, 0) is 20.1 Å². The van der Waals surface area contributed by atoms with Crippen LogP contribution < -0.4 is 8.91 Å². The average molecular weight is 500 g/mol. The summed E-state index contributed by atoms with van der Waals surface area (Å²) in [7, 11) is -7.18. The standard InChI is InChI=1S/C24H37NO6S2/c1-15-11-17(13-18(12-15)31-33(7,29)30)22(26)21-16(2)19(25-32(6,27)28)14-20-23(3,4)9-8-10-24(20,21)5/h11-13,16,19-21,25H,8-10,14H2,1-7H3/t16-,19-,20+,21-,24-/m1/s1. The van der Waals surface area contributed by atoms with Crippen molar-refractivity contribution in [1.29, 1.82) is 0 Å². The monoisotopic (exact) mass is 499 g/mol. The molecular weight excluding hydrogens is 462 g/mol. The Morgan fingerprint density at radius 1 is 1.06 bits per heavy atom. The second kappa shape index (κ2) is 8.64. The smallest absolute Gasteiger partial charge is 0.306 e. The van der Waals surface area contributed by atoms with E-state index in [2.05, 4.69) is 25.5 Å². The second-order valence-corrected chi connectivity index (χ2v) is 14.5. The Labute approximate surface area is 198 Å². The number of fused-ring (bicyclic) bond motifs is 1. The third kappa shape index (κ3) is 5.62. The summed E-state index contributed by atoms with van der Waals surface area (Å²) in [6, 6.07) is 4.48. The number of rotatable bonds is 6. The molecule has 0 aliphatic heterocycles. The summed E-state index contributed by atoms with van der Waals surface area (Å²) in [5.41, 5.74) is 0.795. The van der Waals surface area contributed by atoms with E-state index in [0.717, 1.165) is 37.3 Å². The van der Waals surface area contributed by atoms with Crippen LogP contribution in [0.25, 0.3) is 0 Å². The molecule has 5 atom stereocenters. The molecule has 0 spiro atoms. The average Bonchev–Trinajstić information content (AvgIpc) is 2.59. The van der Waals surface area contributed by atoms with E-state index < -0.39 is 26.1 Å². The van der Waals surface area contributed by atoms with Crippen molar-refractivity contribution in [2.45, 2.75) is 66.3 Å². The molecule has 2 aliphatic carbocycles. The van der Waals surface area contributed by atoms with Gasteiger partial charge in [0.15, 0.2) is 5.78 Å². The molecule has 0 aromatic heterocycles. The minimum Gasteiger partial charge on any atom is -0.383 e. The van der Waals surface area contributed by atoms with Crippen molar-refractivity contribution in [2.24, 2.45) is 28.6 Å². The largest absolute Gasteiger partial charge is 0.383 e. The van der Waals surface area contributed by atoms with Crippen molar-refractivity contribution in [2.75, 3.05) is 12.5 Å². The number of sulfonamides is 1. The van der Waals surface area contributed by atoms with Crippen LogP contribution >= 0.6 is 0 Å². The molecule has 1 aromatic carbocycles. The van der Waals surface area contributed by atoms with Crippen LogP contribution in [0.1, 0.15) is 69.3 Å². The minimum atomic E-state index is -3.74. The molecule has 9 heteroatoms. The topological polar surface area (TPSA) is 107 Å². The first-order chi connectivity index (χ1) is 14.9. The van der Waals surface area contributed by atoms with E-state index in [1.807, 2.05) is 6.92 Å². The maximum Gasteiger partial charge on any atom is 0.306 e. The van der Waals surface area contributed by atoms with Gasteiger partial charge in [0.25, 0.3) is 0 Å². The normalized spacial score (nSPS) is 32.1. The first-order valence-corrected chi connectivity index (χ1v) is 15.2. The molecule has 0 amide bonds. The zero-order valence-electron chi connectivity index (χ0n) is 20.6. The van der Waals surface area contributed by atoms with Gasteiger partial charge in [-0.25, -0.2) is 13.1 Å². The molecule has 7 nitrogen and oxygen atoms in total. The maximum absolute atomic E-state index is 14.1. The van der Waals surface area contributed by atoms with Crippen LogP contribution in [0.15, 0.2) is 18.2 Å². The molecule has 0 heterocycles. The highest BCUT2D eigenvalue weighted by Gasteiger charge is 2.58. The highest BCUT2D eigenvalue weighted by Crippen LogP contribution is 2.61. The zero-order chi connectivity index (χ0) is 25.0. The van der Waals surface area contributed by atoms with E-state index >= 15 is 0 Å². The third-order valence-corrected chi connectivity index (χ3v) is 9.09. The lowest BCUT2D eigenvalue weighted by Crippen LogP contribution is -2.60. The van der Waals surface area contributed by atoms with Gasteiger partial charge in [0.05, 0.1) is 12.5 Å². The molecule has 3 rings (SSSR count). The number of hydrogen-bond acceptors (Lipinski definition) is 6. The van der Waals surface area contributed by atoms with Crippen LogP contribution in [0.5, 0.6) is 5.75 Å². The lowest BCUT2D eigenvalue weighted by Gasteiger charge is -2.60. The summed E-state index contributed by atoms with van der Waals surface area (Å²) >= 11 is 0. The van der Waals surface area contributed by atoms with Gasteiger partial charge in [0.2, 0.25) is 10.0 Å². The summed E-state index contributed by atoms with van der Waals surface area (Å²) in [5.74, 6) is -0.444. The number of benzene rings is 1. The molecule has 0 saturated heterocycles. The molecule has 0 radical (unpaired) electrons. The van der Waals surface area contributed by atoms with Crippen LogP contribution in [0.2, 0.25) is 0 Å². The zero-order valence-corrected chi connectivity index (χ0v) is 22.3. The molecule has 2 fully saturated rings. The van der Waals surface area contributed by atoms with E-state index in [0.29, 0.717) is 12.0 Å². The number of carbonyl (C=O) groups is 1. The maximum atomic E-state index is 14.1. The van der Waals surface area contributed by atoms with E-state index in [4.69, 9.17) is 4.18 Å². The van der Waals surface area contributed by atoms with E-state index in [1.54, 1.807) is 19.1 Å². The molecular formula is C24H37NO6S2. The molecule has 2 aliphatic rings. The van der Waals surface area contributed by atoms with Crippen LogP contribution in [0.3, 0.4) is 0 Å². The quantitative estimate of drug-likeness (QED) is 0.470. The molecule has 0 unspecified atom stereocenters. The van der Waals surface area contributed by atoms with Crippen molar-refractivity contribution in [3.63, 3.8) is 0 Å². The van der Waals surface area contributed by atoms with E-state index in [1.165, 1.54) is 6.07 Å². The van der Waals surface area contributed by atoms with Crippen molar-refractivity contribution < 1.29 is 25.8 Å². The Kier molecular flexibility index (Phi) is 6.85. The minimum absolute atomic E-state index is 0.0275. The van der Waals surface area contributed by atoms with Crippen molar-refractivity contribution in [3.8, 4) is 5.75 Å². The van der Waals surface area contributed by atoms with Gasteiger partial charge in [-0.2, -0.15) is 8.42 Å². The van der Waals surface area contributed by atoms with Gasteiger partial charge < -0.3 is 4.18 Å². The van der Waals surface area contributed by atoms with Gasteiger partial charge in [0.1, 0.15) is 5.75 Å². The number of nitrogens with one attached hydrogen (secondary N) is 1. The Balaban J connectivity index is 2.10. The SMILES string of the molecule is Cc1cc(OS(C)(=O)=O)cc(C(=O)[C@H]2[C@H](C)[C@H](NS(C)(=O)=O)C[C@H]3C(C)(C)CCC[C@@]23C)c1. The fourth-order valence-electron chi connectivity index (χ4n) is 6.69. The first kappa shape index (κ1) is 26.2. The highest BCUT2D eigenvalue weighted by molar-refractivity contribution is 7.88. The van der Waals surface area contributed by atoms with Gasteiger partial charge in [-0.1, -0.05) is 34.1 Å². The van der Waals surface area contributed by atoms with Gasteiger partial charge >= 0.3 is 10.1 Å². The Hall–Kier alpha value is -1.45. The number of aryl methyl sites for hydroxylation is 1. The third-order valence-electron chi connectivity index (χ3n) is 7.87. The van der Waals surface area contributed by atoms with E-state index in [9.17, 15) is 21.6 Å². The summed E-state index contributed by atoms with van der Waals surface area (Å²) in [6.07, 6.45) is 5.76. The first-order valence-electron chi connectivity index (χ1n) is 11.5. The predicted octanol–water partition coefficient (Wildman–Crippen LogP) is 3.92. The van der Waals surface area contributed by atoms with Crippen LogP contribution in [-0.4, -0.2) is 41.2 Å². The second-order valence-electron chi connectivity index (χ2n) is 11.2. The van der Waals surface area contributed by atoms with Gasteiger partial charge in [-0.15, -0.1) is 0 Å². The fourth-order valence-corrected chi connectivity index (χ4v) is 8.00. The Morgan fingerprint density at radius 3 is 2.27 bits per heavy atom. The number of hydrogen-bond donors (Lipinski definition) is 1. The van der Waals surface area contributed by atoms with Crippen LogP contribution in [0, 0.1) is 35.5 Å². The highest BCUT2D eigenvalue weighted by atomic mass is 32.2. The Morgan fingerprint density at radius 2 is 1.70 bits per heavy atom. The summed E-state index contributed by atoms with van der Waals surface area (Å²) in [5, 5.41) is 0. The van der Waals surface area contributed by atoms with Gasteiger partial charge in [-0.3, -0.25) is 4.79 Å². The lowest BCUT2D eigenvalue weighted by atomic mass is 9.45. The predicted molar refractivity (Wildman–Crippen MR) is 129 cm³/mol.